The van der Waals surface area contributed by atoms with Gasteiger partial charge in [0.05, 0.1) is 8.07 Å². The molecule has 0 saturated carbocycles. The highest BCUT2D eigenvalue weighted by molar-refractivity contribution is 6.78. The maximum absolute atomic E-state index is 12.7. The molecule has 84 valence electrons. The van der Waals surface area contributed by atoms with Crippen molar-refractivity contribution in [2.45, 2.75) is 32.0 Å². The van der Waals surface area contributed by atoms with Gasteiger partial charge in [0.15, 0.2) is 0 Å². The molecule has 0 aliphatic rings. The zero-order valence-corrected chi connectivity index (χ0v) is 10.6. The Labute approximate surface area is 92.5 Å². The maximum atomic E-state index is 12.7. The van der Waals surface area contributed by atoms with Gasteiger partial charge in [-0.15, -0.1) is 0 Å². The summed E-state index contributed by atoms with van der Waals surface area (Å²) in [5.41, 5.74) is 7.03. The lowest BCUT2D eigenvalue weighted by molar-refractivity contribution is 0.627. The van der Waals surface area contributed by atoms with Gasteiger partial charge in [-0.05, 0) is 30.3 Å². The van der Waals surface area contributed by atoms with Gasteiger partial charge in [-0.1, -0.05) is 37.7 Å². The lowest BCUT2D eigenvalue weighted by Gasteiger charge is -2.23. The summed E-state index contributed by atoms with van der Waals surface area (Å²) in [6, 6.07) is 9.23. The molecule has 2 N–H and O–H groups in total. The summed E-state index contributed by atoms with van der Waals surface area (Å²) in [4.78, 5) is 0. The van der Waals surface area contributed by atoms with Crippen molar-refractivity contribution in [1.29, 1.82) is 0 Å². The van der Waals surface area contributed by atoms with Crippen molar-refractivity contribution in [3.63, 3.8) is 0 Å². The van der Waals surface area contributed by atoms with Gasteiger partial charge in [0.1, 0.15) is 5.82 Å². The lowest BCUT2D eigenvalue weighted by Crippen LogP contribution is -2.39. The summed E-state index contributed by atoms with van der Waals surface area (Å²) < 4.78 is 12.7. The van der Waals surface area contributed by atoms with E-state index in [1.54, 1.807) is 0 Å². The van der Waals surface area contributed by atoms with E-state index in [-0.39, 0.29) is 5.82 Å². The Bertz CT molecular complexity index is 293. The number of rotatable bonds is 5. The number of benzene rings is 1. The van der Waals surface area contributed by atoms with Gasteiger partial charge >= 0.3 is 0 Å². The first kappa shape index (κ1) is 12.4. The first-order chi connectivity index (χ1) is 7.09. The second-order valence-electron chi connectivity index (χ2n) is 4.49. The molecular weight excluding hydrogens is 205 g/mol. The number of halogens is 1. The zero-order valence-electron chi connectivity index (χ0n) is 9.59. The highest BCUT2D eigenvalue weighted by atomic mass is 28.3. The van der Waals surface area contributed by atoms with E-state index in [2.05, 4.69) is 13.5 Å². The van der Waals surface area contributed by atoms with Crippen LogP contribution >= 0.6 is 0 Å². The molecule has 3 heteroatoms. The highest BCUT2D eigenvalue weighted by Crippen LogP contribution is 2.17. The van der Waals surface area contributed by atoms with Crippen molar-refractivity contribution < 1.29 is 4.39 Å². The standard InChI is InChI=1S/C12H20FNSi/c1-3-15(2,10-14)9-8-11-4-6-12(13)7-5-11/h4-7H,3,8-10,14H2,1-2H3. The van der Waals surface area contributed by atoms with Crippen molar-refractivity contribution in [3.05, 3.63) is 35.6 Å². The van der Waals surface area contributed by atoms with Crippen molar-refractivity contribution in [1.82, 2.24) is 0 Å². The third-order valence-corrected chi connectivity index (χ3v) is 7.43. The Hall–Kier alpha value is -0.673. The minimum absolute atomic E-state index is 0.159. The van der Waals surface area contributed by atoms with E-state index in [0.717, 1.165) is 12.6 Å². The average molecular weight is 225 g/mol. The molecule has 15 heavy (non-hydrogen) atoms. The maximum Gasteiger partial charge on any atom is 0.123 e. The summed E-state index contributed by atoms with van der Waals surface area (Å²) >= 11 is 0. The van der Waals surface area contributed by atoms with Crippen LogP contribution in [0, 0.1) is 5.82 Å². The lowest BCUT2D eigenvalue weighted by atomic mass is 10.2. The van der Waals surface area contributed by atoms with Gasteiger partial charge < -0.3 is 5.73 Å². The van der Waals surface area contributed by atoms with Crippen LogP contribution in [0.1, 0.15) is 12.5 Å². The molecule has 1 aromatic rings. The van der Waals surface area contributed by atoms with Crippen LogP contribution in [0.5, 0.6) is 0 Å². The molecule has 1 rings (SSSR count). The van der Waals surface area contributed by atoms with Crippen molar-refractivity contribution in [2.75, 3.05) is 6.17 Å². The largest absolute Gasteiger partial charge is 0.333 e. The summed E-state index contributed by atoms with van der Waals surface area (Å²) in [5, 5.41) is 0. The molecule has 1 nitrogen and oxygen atoms in total. The van der Waals surface area contributed by atoms with Crippen molar-refractivity contribution >= 4 is 8.07 Å². The molecule has 1 unspecified atom stereocenters. The van der Waals surface area contributed by atoms with E-state index in [1.165, 1.54) is 29.8 Å². The normalized spacial score (nSPS) is 14.9. The van der Waals surface area contributed by atoms with E-state index in [0.29, 0.717) is 0 Å². The Morgan fingerprint density at radius 1 is 1.27 bits per heavy atom. The van der Waals surface area contributed by atoms with Gasteiger partial charge in [0.2, 0.25) is 0 Å². The van der Waals surface area contributed by atoms with Crippen LogP contribution in [0.25, 0.3) is 0 Å². The van der Waals surface area contributed by atoms with E-state index in [4.69, 9.17) is 5.73 Å². The Kier molecular flexibility index (Phi) is 4.48. The summed E-state index contributed by atoms with van der Waals surface area (Å²) in [5.74, 6) is -0.159. The molecule has 0 radical (unpaired) electrons. The fourth-order valence-corrected chi connectivity index (χ4v) is 3.26. The van der Waals surface area contributed by atoms with E-state index < -0.39 is 8.07 Å². The topological polar surface area (TPSA) is 26.0 Å². The molecule has 0 heterocycles. The predicted molar refractivity (Wildman–Crippen MR) is 66.1 cm³/mol. The second kappa shape index (κ2) is 5.42. The van der Waals surface area contributed by atoms with Crippen LogP contribution in [-0.4, -0.2) is 14.2 Å². The molecular formula is C12H20FNSi. The SMILES string of the molecule is CC[Si](C)(CN)CCc1ccc(F)cc1. The van der Waals surface area contributed by atoms with Crippen LogP contribution in [0.4, 0.5) is 4.39 Å². The molecule has 0 spiro atoms. The fraction of sp³-hybridized carbons (Fsp3) is 0.500. The minimum Gasteiger partial charge on any atom is -0.333 e. The summed E-state index contributed by atoms with van der Waals surface area (Å²) in [6.07, 6.45) is 1.89. The Balaban J connectivity index is 2.53. The van der Waals surface area contributed by atoms with Crippen LogP contribution in [0.15, 0.2) is 24.3 Å². The third-order valence-electron chi connectivity index (χ3n) is 3.28. The van der Waals surface area contributed by atoms with Crippen LogP contribution < -0.4 is 5.73 Å². The van der Waals surface area contributed by atoms with Crippen LogP contribution in [0.3, 0.4) is 0 Å². The van der Waals surface area contributed by atoms with Gasteiger partial charge in [0, 0.05) is 0 Å². The first-order valence-corrected chi connectivity index (χ1v) is 8.66. The van der Waals surface area contributed by atoms with Gasteiger partial charge in [-0.25, -0.2) is 4.39 Å². The van der Waals surface area contributed by atoms with Crippen molar-refractivity contribution in [3.8, 4) is 0 Å². The molecule has 1 atom stereocenters. The third kappa shape index (κ3) is 3.76. The molecule has 0 amide bonds. The predicted octanol–water partition coefficient (Wildman–Crippen LogP) is 2.96. The molecule has 0 fully saturated rings. The van der Waals surface area contributed by atoms with Gasteiger partial charge in [-0.2, -0.15) is 0 Å². The second-order valence-corrected chi connectivity index (χ2v) is 9.73. The minimum atomic E-state index is -1.21. The number of hydrogen-bond acceptors (Lipinski definition) is 1. The molecule has 1 aromatic carbocycles. The number of hydrogen-bond donors (Lipinski definition) is 1. The van der Waals surface area contributed by atoms with Crippen LogP contribution in [0.2, 0.25) is 18.6 Å². The summed E-state index contributed by atoms with van der Waals surface area (Å²) in [6.45, 7) is 4.57. The molecule has 0 aliphatic heterocycles. The Morgan fingerprint density at radius 2 is 1.87 bits per heavy atom. The van der Waals surface area contributed by atoms with E-state index in [1.807, 2.05) is 12.1 Å². The van der Waals surface area contributed by atoms with Gasteiger partial charge in [-0.3, -0.25) is 0 Å². The quantitative estimate of drug-likeness (QED) is 0.766. The number of nitrogens with two attached hydrogens (primary N) is 1. The van der Waals surface area contributed by atoms with Crippen LogP contribution in [-0.2, 0) is 6.42 Å². The molecule has 0 bridgehead atoms. The van der Waals surface area contributed by atoms with Crippen molar-refractivity contribution in [2.24, 2.45) is 5.73 Å². The highest BCUT2D eigenvalue weighted by Gasteiger charge is 2.22. The van der Waals surface area contributed by atoms with Gasteiger partial charge in [0.25, 0.3) is 0 Å². The average Bonchev–Trinajstić information content (AvgIpc) is 2.28. The summed E-state index contributed by atoms with van der Waals surface area (Å²) in [7, 11) is -1.21. The molecule has 0 aromatic heterocycles. The van der Waals surface area contributed by atoms with E-state index in [9.17, 15) is 4.39 Å². The smallest absolute Gasteiger partial charge is 0.123 e. The first-order valence-electron chi connectivity index (χ1n) is 5.54. The zero-order chi connectivity index (χ0) is 11.3. The Morgan fingerprint density at radius 3 is 2.33 bits per heavy atom. The van der Waals surface area contributed by atoms with E-state index >= 15 is 0 Å². The molecule has 0 saturated heterocycles. The monoisotopic (exact) mass is 225 g/mol. The molecule has 0 aliphatic carbocycles. The fourth-order valence-electron chi connectivity index (χ4n) is 1.52. The number of aryl methyl sites for hydroxylation is 1.